The van der Waals surface area contributed by atoms with Gasteiger partial charge >= 0.3 is 0 Å². The zero-order valence-corrected chi connectivity index (χ0v) is 17.5. The number of nitrogens with zero attached hydrogens (tertiary/aromatic N) is 2. The van der Waals surface area contributed by atoms with Gasteiger partial charge in [-0.05, 0) is 23.8 Å². The van der Waals surface area contributed by atoms with Gasteiger partial charge in [0.15, 0.2) is 6.61 Å². The molecule has 8 heteroatoms. The maximum atomic E-state index is 12.4. The summed E-state index contributed by atoms with van der Waals surface area (Å²) in [6.07, 6.45) is 0. The highest BCUT2D eigenvalue weighted by atomic mass is 35.5. The highest BCUT2D eigenvalue weighted by Crippen LogP contribution is 2.27. The Morgan fingerprint density at radius 3 is 2.41 bits per heavy atom. The number of benzene rings is 2. The van der Waals surface area contributed by atoms with Gasteiger partial charge in [0.1, 0.15) is 5.75 Å². The van der Waals surface area contributed by atoms with Crippen LogP contribution in [0.25, 0.3) is 0 Å². The van der Waals surface area contributed by atoms with E-state index in [-0.39, 0.29) is 18.4 Å². The molecule has 154 valence electrons. The minimum Gasteiger partial charge on any atom is -0.482 e. The van der Waals surface area contributed by atoms with Crippen LogP contribution in [0.4, 0.5) is 0 Å². The number of nitrogens with one attached hydrogen (secondary N) is 1. The van der Waals surface area contributed by atoms with Gasteiger partial charge in [0.05, 0.1) is 11.6 Å². The van der Waals surface area contributed by atoms with Crippen molar-refractivity contribution in [1.82, 2.24) is 15.1 Å². The summed E-state index contributed by atoms with van der Waals surface area (Å²) in [7, 11) is 0. The molecule has 1 heterocycles. The molecule has 1 fully saturated rings. The van der Waals surface area contributed by atoms with E-state index in [1.165, 1.54) is 0 Å². The first-order valence-corrected chi connectivity index (χ1v) is 10.2. The van der Waals surface area contributed by atoms with E-state index >= 15 is 0 Å². The summed E-state index contributed by atoms with van der Waals surface area (Å²) in [6, 6.07) is 14.7. The molecule has 2 amide bonds. The third-order valence-corrected chi connectivity index (χ3v) is 5.20. The van der Waals surface area contributed by atoms with Gasteiger partial charge in [0, 0.05) is 37.7 Å². The van der Waals surface area contributed by atoms with Crippen molar-refractivity contribution in [3.05, 3.63) is 64.1 Å². The fourth-order valence-electron chi connectivity index (χ4n) is 3.03. The fourth-order valence-corrected chi connectivity index (χ4v) is 3.50. The Hall–Kier alpha value is -2.28. The van der Waals surface area contributed by atoms with Gasteiger partial charge in [0.25, 0.3) is 5.91 Å². The van der Waals surface area contributed by atoms with Crippen LogP contribution in [-0.4, -0.2) is 60.9 Å². The Labute approximate surface area is 180 Å². The van der Waals surface area contributed by atoms with Crippen molar-refractivity contribution >= 4 is 35.0 Å². The number of carbonyl (C=O) groups is 2. The molecule has 1 saturated heterocycles. The predicted molar refractivity (Wildman–Crippen MR) is 113 cm³/mol. The van der Waals surface area contributed by atoms with Crippen molar-refractivity contribution in [2.75, 3.05) is 39.3 Å². The van der Waals surface area contributed by atoms with Crippen molar-refractivity contribution in [3.8, 4) is 5.75 Å². The van der Waals surface area contributed by atoms with Crippen LogP contribution in [0.2, 0.25) is 10.0 Å². The number of hydrogen-bond donors (Lipinski definition) is 1. The minimum atomic E-state index is -0.107. The van der Waals surface area contributed by atoms with Crippen LogP contribution < -0.4 is 10.1 Å². The maximum Gasteiger partial charge on any atom is 0.260 e. The highest BCUT2D eigenvalue weighted by molar-refractivity contribution is 6.35. The Morgan fingerprint density at radius 1 is 1.00 bits per heavy atom. The monoisotopic (exact) mass is 435 g/mol. The molecule has 1 aliphatic rings. The van der Waals surface area contributed by atoms with Gasteiger partial charge in [-0.3, -0.25) is 14.5 Å². The molecule has 0 spiro atoms. The predicted octanol–water partition coefficient (Wildman–Crippen LogP) is 2.83. The summed E-state index contributed by atoms with van der Waals surface area (Å²) in [4.78, 5) is 28.3. The largest absolute Gasteiger partial charge is 0.482 e. The Kier molecular flexibility index (Phi) is 7.75. The minimum absolute atomic E-state index is 0.0191. The van der Waals surface area contributed by atoms with Gasteiger partial charge in [-0.25, -0.2) is 0 Å². The lowest BCUT2D eigenvalue weighted by Crippen LogP contribution is -2.52. The van der Waals surface area contributed by atoms with Crippen LogP contribution in [0, 0.1) is 0 Å². The van der Waals surface area contributed by atoms with E-state index in [0.717, 1.165) is 5.56 Å². The Balaban J connectivity index is 1.37. The average Bonchev–Trinajstić information content (AvgIpc) is 2.73. The molecular weight excluding hydrogens is 413 g/mol. The van der Waals surface area contributed by atoms with E-state index in [1.807, 2.05) is 35.2 Å². The van der Waals surface area contributed by atoms with Gasteiger partial charge in [-0.1, -0.05) is 53.5 Å². The zero-order chi connectivity index (χ0) is 20.6. The molecule has 6 nitrogen and oxygen atoms in total. The molecule has 29 heavy (non-hydrogen) atoms. The second-order valence-corrected chi connectivity index (χ2v) is 7.63. The van der Waals surface area contributed by atoms with E-state index in [1.54, 1.807) is 23.1 Å². The normalized spacial score (nSPS) is 14.5. The summed E-state index contributed by atoms with van der Waals surface area (Å²) in [5.41, 5.74) is 1.07. The molecule has 1 aliphatic heterocycles. The van der Waals surface area contributed by atoms with Gasteiger partial charge < -0.3 is 15.0 Å². The Morgan fingerprint density at radius 2 is 1.72 bits per heavy atom. The first kappa shape index (κ1) is 21.4. The van der Waals surface area contributed by atoms with E-state index in [9.17, 15) is 9.59 Å². The SMILES string of the molecule is O=C(CN1CCN(C(=O)COc2ccc(Cl)cc2Cl)CC1)NCc1ccccc1. The van der Waals surface area contributed by atoms with Crippen LogP contribution >= 0.6 is 23.2 Å². The number of amides is 2. The second-order valence-electron chi connectivity index (χ2n) is 6.78. The third-order valence-electron chi connectivity index (χ3n) is 4.67. The third kappa shape index (κ3) is 6.63. The Bertz CT molecular complexity index is 840. The number of halogens is 2. The van der Waals surface area contributed by atoms with Crippen molar-refractivity contribution in [2.24, 2.45) is 0 Å². The quantitative estimate of drug-likeness (QED) is 0.725. The summed E-state index contributed by atoms with van der Waals surface area (Å²) in [5.74, 6) is 0.302. The summed E-state index contributed by atoms with van der Waals surface area (Å²) in [6.45, 7) is 3.16. The molecular formula is C21H23Cl2N3O3. The van der Waals surface area contributed by atoms with Crippen LogP contribution in [0.1, 0.15) is 5.56 Å². The number of ether oxygens (including phenoxy) is 1. The van der Waals surface area contributed by atoms with E-state index in [4.69, 9.17) is 27.9 Å². The molecule has 1 N–H and O–H groups in total. The average molecular weight is 436 g/mol. The standard InChI is InChI=1S/C21H23Cl2N3O3/c22-17-6-7-19(18(23)12-17)29-15-21(28)26-10-8-25(9-11-26)14-20(27)24-13-16-4-2-1-3-5-16/h1-7,12H,8-11,13-15H2,(H,24,27). The van der Waals surface area contributed by atoms with Crippen LogP contribution in [0.5, 0.6) is 5.75 Å². The van der Waals surface area contributed by atoms with Crippen LogP contribution in [-0.2, 0) is 16.1 Å². The highest BCUT2D eigenvalue weighted by Gasteiger charge is 2.22. The van der Waals surface area contributed by atoms with Crippen LogP contribution in [0.3, 0.4) is 0 Å². The van der Waals surface area contributed by atoms with E-state index in [0.29, 0.717) is 55.1 Å². The van der Waals surface area contributed by atoms with Crippen molar-refractivity contribution in [2.45, 2.75) is 6.54 Å². The lowest BCUT2D eigenvalue weighted by molar-refractivity contribution is -0.135. The molecule has 0 unspecified atom stereocenters. The topological polar surface area (TPSA) is 61.9 Å². The zero-order valence-electron chi connectivity index (χ0n) is 15.9. The van der Waals surface area contributed by atoms with Gasteiger partial charge in [-0.2, -0.15) is 0 Å². The van der Waals surface area contributed by atoms with Crippen molar-refractivity contribution < 1.29 is 14.3 Å². The maximum absolute atomic E-state index is 12.4. The second kappa shape index (κ2) is 10.5. The van der Waals surface area contributed by atoms with E-state index < -0.39 is 0 Å². The number of carbonyl (C=O) groups excluding carboxylic acids is 2. The van der Waals surface area contributed by atoms with Crippen molar-refractivity contribution in [1.29, 1.82) is 0 Å². The molecule has 2 aromatic rings. The molecule has 0 saturated carbocycles. The molecule has 2 aromatic carbocycles. The number of hydrogen-bond acceptors (Lipinski definition) is 4. The summed E-state index contributed by atoms with van der Waals surface area (Å²) < 4.78 is 5.51. The lowest BCUT2D eigenvalue weighted by Gasteiger charge is -2.34. The smallest absolute Gasteiger partial charge is 0.260 e. The summed E-state index contributed by atoms with van der Waals surface area (Å²) >= 11 is 11.9. The molecule has 0 aromatic heterocycles. The molecule has 0 aliphatic carbocycles. The molecule has 0 atom stereocenters. The van der Waals surface area contributed by atoms with Gasteiger partial charge in [-0.15, -0.1) is 0 Å². The fraction of sp³-hybridized carbons (Fsp3) is 0.333. The first-order valence-electron chi connectivity index (χ1n) is 9.40. The first-order chi connectivity index (χ1) is 14.0. The number of piperazine rings is 1. The summed E-state index contributed by atoms with van der Waals surface area (Å²) in [5, 5.41) is 3.81. The van der Waals surface area contributed by atoms with Gasteiger partial charge in [0.2, 0.25) is 5.91 Å². The lowest BCUT2D eigenvalue weighted by atomic mass is 10.2. The molecule has 3 rings (SSSR count). The molecule has 0 radical (unpaired) electrons. The number of rotatable bonds is 7. The van der Waals surface area contributed by atoms with E-state index in [2.05, 4.69) is 5.32 Å². The van der Waals surface area contributed by atoms with Crippen molar-refractivity contribution in [3.63, 3.8) is 0 Å². The molecule has 0 bridgehead atoms. The van der Waals surface area contributed by atoms with Crippen LogP contribution in [0.15, 0.2) is 48.5 Å².